The largest absolute Gasteiger partial charge is 0.384 e. The summed E-state index contributed by atoms with van der Waals surface area (Å²) < 4.78 is 6.70. The van der Waals surface area contributed by atoms with E-state index < -0.39 is 0 Å². The van der Waals surface area contributed by atoms with E-state index in [9.17, 15) is 0 Å². The van der Waals surface area contributed by atoms with E-state index in [2.05, 4.69) is 15.3 Å². The molecule has 6 nitrogen and oxygen atoms in total. The number of fused-ring (bicyclic) bond motifs is 1. The number of hydrogen-bond donors (Lipinski definition) is 1. The SMILES string of the molecule is COCCc1nnc2sc(CN)nn12. The van der Waals surface area contributed by atoms with E-state index in [1.54, 1.807) is 11.6 Å². The molecule has 2 aromatic rings. The first-order chi connectivity index (χ1) is 6.85. The lowest BCUT2D eigenvalue weighted by Gasteiger charge is -1.94. The number of nitrogens with zero attached hydrogens (tertiary/aromatic N) is 4. The number of hydrogen-bond acceptors (Lipinski definition) is 6. The summed E-state index contributed by atoms with van der Waals surface area (Å²) in [7, 11) is 1.66. The van der Waals surface area contributed by atoms with Gasteiger partial charge in [0.1, 0.15) is 5.01 Å². The number of rotatable bonds is 4. The van der Waals surface area contributed by atoms with Crippen LogP contribution in [0.15, 0.2) is 0 Å². The van der Waals surface area contributed by atoms with Gasteiger partial charge in [-0.25, -0.2) is 0 Å². The Kier molecular flexibility index (Phi) is 2.71. The Bertz CT molecular complexity index is 423. The molecule has 0 fully saturated rings. The molecule has 0 saturated carbocycles. The quantitative estimate of drug-likeness (QED) is 0.763. The van der Waals surface area contributed by atoms with Crippen molar-refractivity contribution in [3.63, 3.8) is 0 Å². The maximum Gasteiger partial charge on any atom is 0.234 e. The summed E-state index contributed by atoms with van der Waals surface area (Å²) in [6.45, 7) is 1.06. The highest BCUT2D eigenvalue weighted by Gasteiger charge is 2.09. The average molecular weight is 213 g/mol. The Labute approximate surface area is 84.7 Å². The van der Waals surface area contributed by atoms with E-state index in [4.69, 9.17) is 10.5 Å². The molecule has 0 aliphatic rings. The molecule has 0 bridgehead atoms. The average Bonchev–Trinajstić information content (AvgIpc) is 2.74. The van der Waals surface area contributed by atoms with Gasteiger partial charge in [0.2, 0.25) is 4.96 Å². The minimum absolute atomic E-state index is 0.442. The third kappa shape index (κ3) is 1.61. The first-order valence-electron chi connectivity index (χ1n) is 4.24. The van der Waals surface area contributed by atoms with Crippen LogP contribution < -0.4 is 5.73 Å². The minimum Gasteiger partial charge on any atom is -0.384 e. The van der Waals surface area contributed by atoms with E-state index in [0.717, 1.165) is 15.8 Å². The monoisotopic (exact) mass is 213 g/mol. The minimum atomic E-state index is 0.442. The van der Waals surface area contributed by atoms with Gasteiger partial charge in [0.15, 0.2) is 5.82 Å². The summed E-state index contributed by atoms with van der Waals surface area (Å²) in [5.74, 6) is 0.817. The van der Waals surface area contributed by atoms with Crippen molar-refractivity contribution in [1.29, 1.82) is 0 Å². The molecule has 0 saturated heterocycles. The Balaban J connectivity index is 2.30. The van der Waals surface area contributed by atoms with Crippen LogP contribution in [-0.4, -0.2) is 33.5 Å². The third-order valence-corrected chi connectivity index (χ3v) is 2.72. The van der Waals surface area contributed by atoms with Crippen LogP contribution in [0.25, 0.3) is 4.96 Å². The van der Waals surface area contributed by atoms with Crippen LogP contribution in [0.3, 0.4) is 0 Å². The Morgan fingerprint density at radius 3 is 3.07 bits per heavy atom. The molecule has 0 aromatic carbocycles. The maximum atomic E-state index is 5.48. The number of nitrogens with two attached hydrogens (primary N) is 1. The molecular formula is C7H11N5OS. The highest BCUT2D eigenvalue weighted by Crippen LogP contribution is 2.13. The normalized spacial score (nSPS) is 11.3. The lowest BCUT2D eigenvalue weighted by atomic mass is 10.4. The molecule has 0 atom stereocenters. The van der Waals surface area contributed by atoms with E-state index in [-0.39, 0.29) is 0 Å². The Hall–Kier alpha value is -1.05. The van der Waals surface area contributed by atoms with Crippen molar-refractivity contribution in [1.82, 2.24) is 19.8 Å². The first-order valence-corrected chi connectivity index (χ1v) is 5.06. The molecule has 0 radical (unpaired) electrons. The van der Waals surface area contributed by atoms with Crippen LogP contribution in [0, 0.1) is 0 Å². The molecule has 0 unspecified atom stereocenters. The van der Waals surface area contributed by atoms with Gasteiger partial charge in [-0.2, -0.15) is 9.61 Å². The van der Waals surface area contributed by atoms with Crippen LogP contribution in [0.2, 0.25) is 0 Å². The van der Waals surface area contributed by atoms with Crippen LogP contribution in [0.4, 0.5) is 0 Å². The number of methoxy groups -OCH3 is 1. The smallest absolute Gasteiger partial charge is 0.234 e. The second-order valence-electron chi connectivity index (χ2n) is 2.75. The van der Waals surface area contributed by atoms with Gasteiger partial charge in [-0.15, -0.1) is 10.2 Å². The maximum absolute atomic E-state index is 5.48. The highest BCUT2D eigenvalue weighted by atomic mass is 32.1. The molecule has 14 heavy (non-hydrogen) atoms. The molecule has 0 aliphatic carbocycles. The van der Waals surface area contributed by atoms with Gasteiger partial charge in [0.05, 0.1) is 6.61 Å². The van der Waals surface area contributed by atoms with Crippen molar-refractivity contribution in [2.75, 3.05) is 13.7 Å². The summed E-state index contributed by atoms with van der Waals surface area (Å²) in [6.07, 6.45) is 0.714. The van der Waals surface area contributed by atoms with E-state index in [1.165, 1.54) is 11.3 Å². The van der Waals surface area contributed by atoms with Crippen molar-refractivity contribution in [2.24, 2.45) is 5.73 Å². The van der Waals surface area contributed by atoms with Gasteiger partial charge in [-0.3, -0.25) is 0 Å². The molecule has 2 aromatic heterocycles. The van der Waals surface area contributed by atoms with Crippen molar-refractivity contribution >= 4 is 16.3 Å². The van der Waals surface area contributed by atoms with Gasteiger partial charge in [-0.1, -0.05) is 11.3 Å². The van der Waals surface area contributed by atoms with Gasteiger partial charge in [0, 0.05) is 20.1 Å². The van der Waals surface area contributed by atoms with Crippen molar-refractivity contribution in [3.8, 4) is 0 Å². The molecule has 76 valence electrons. The van der Waals surface area contributed by atoms with Crippen LogP contribution in [0.1, 0.15) is 10.8 Å². The lowest BCUT2D eigenvalue weighted by Crippen LogP contribution is -2.03. The van der Waals surface area contributed by atoms with Gasteiger partial charge in [-0.05, 0) is 0 Å². The summed E-state index contributed by atoms with van der Waals surface area (Å²) in [4.78, 5) is 0.788. The molecule has 2 N–H and O–H groups in total. The van der Waals surface area contributed by atoms with Gasteiger partial charge >= 0.3 is 0 Å². The third-order valence-electron chi connectivity index (χ3n) is 1.80. The second kappa shape index (κ2) is 3.99. The predicted molar refractivity (Wildman–Crippen MR) is 52.1 cm³/mol. The number of aromatic nitrogens is 4. The standard InChI is InChI=1S/C7H11N5OS/c1-13-3-2-5-9-10-7-12(5)11-6(4-8)14-7/h2-4,8H2,1H3. The van der Waals surface area contributed by atoms with E-state index in [1.807, 2.05) is 0 Å². The molecule has 0 spiro atoms. The summed E-state index contributed by atoms with van der Waals surface area (Å²) in [6, 6.07) is 0. The topological polar surface area (TPSA) is 78.3 Å². The molecular weight excluding hydrogens is 202 g/mol. The molecule has 7 heteroatoms. The first kappa shape index (κ1) is 9.50. The Morgan fingerprint density at radius 1 is 1.50 bits per heavy atom. The highest BCUT2D eigenvalue weighted by molar-refractivity contribution is 7.16. The second-order valence-corrected chi connectivity index (χ2v) is 3.79. The zero-order valence-electron chi connectivity index (χ0n) is 7.80. The van der Waals surface area contributed by atoms with Crippen LogP contribution in [0.5, 0.6) is 0 Å². The fraction of sp³-hybridized carbons (Fsp3) is 0.571. The van der Waals surface area contributed by atoms with Gasteiger partial charge < -0.3 is 10.5 Å². The summed E-state index contributed by atoms with van der Waals surface area (Å²) in [5, 5.41) is 13.1. The number of ether oxygens (including phenoxy) is 1. The Morgan fingerprint density at radius 2 is 2.36 bits per heavy atom. The summed E-state index contributed by atoms with van der Waals surface area (Å²) in [5.41, 5.74) is 5.48. The zero-order valence-corrected chi connectivity index (χ0v) is 8.62. The van der Waals surface area contributed by atoms with Crippen molar-refractivity contribution < 1.29 is 4.74 Å². The molecule has 2 heterocycles. The van der Waals surface area contributed by atoms with Crippen LogP contribution in [-0.2, 0) is 17.7 Å². The molecule has 0 aliphatic heterocycles. The van der Waals surface area contributed by atoms with E-state index >= 15 is 0 Å². The van der Waals surface area contributed by atoms with Crippen molar-refractivity contribution in [2.45, 2.75) is 13.0 Å². The molecule has 2 rings (SSSR count). The fourth-order valence-electron chi connectivity index (χ4n) is 1.13. The predicted octanol–water partition coefficient (Wildman–Crippen LogP) is -0.167. The zero-order chi connectivity index (χ0) is 9.97. The van der Waals surface area contributed by atoms with E-state index in [0.29, 0.717) is 19.6 Å². The fourth-order valence-corrected chi connectivity index (χ4v) is 1.86. The van der Waals surface area contributed by atoms with Crippen LogP contribution >= 0.6 is 11.3 Å². The van der Waals surface area contributed by atoms with Gasteiger partial charge in [0.25, 0.3) is 0 Å². The molecule has 0 amide bonds. The lowest BCUT2D eigenvalue weighted by molar-refractivity contribution is 0.200. The van der Waals surface area contributed by atoms with Crippen molar-refractivity contribution in [3.05, 3.63) is 10.8 Å². The summed E-state index contributed by atoms with van der Waals surface area (Å²) >= 11 is 1.46.